The smallest absolute Gasteiger partial charge is 0.204 e. The number of aromatic nitrogens is 1. The lowest BCUT2D eigenvalue weighted by Crippen LogP contribution is -2.38. The van der Waals surface area contributed by atoms with Crippen LogP contribution in [0.1, 0.15) is 84.7 Å². The molecule has 0 unspecified atom stereocenters. The van der Waals surface area contributed by atoms with E-state index in [2.05, 4.69) is 98.4 Å². The van der Waals surface area contributed by atoms with Gasteiger partial charge in [0.2, 0.25) is 6.41 Å². The fourth-order valence-electron chi connectivity index (χ4n) is 5.19. The van der Waals surface area contributed by atoms with Crippen molar-refractivity contribution in [3.63, 3.8) is 0 Å². The summed E-state index contributed by atoms with van der Waals surface area (Å²) in [7, 11) is 10.3. The van der Waals surface area contributed by atoms with Crippen molar-refractivity contribution in [3.05, 3.63) is 30.0 Å². The van der Waals surface area contributed by atoms with Crippen molar-refractivity contribution in [2.45, 2.75) is 91.6 Å². The number of primary amides is 1. The molecule has 1 heterocycles. The minimum absolute atomic E-state index is 0.250. The minimum Gasteiger partial charge on any atom is -0.497 e. The van der Waals surface area contributed by atoms with Crippen molar-refractivity contribution < 1.29 is 9.53 Å². The second-order valence-corrected chi connectivity index (χ2v) is 10.5. The first-order chi connectivity index (χ1) is 18.8. The van der Waals surface area contributed by atoms with E-state index in [9.17, 15) is 0 Å². The fraction of sp³-hybridized carbons (Fsp3) is 0.719. The standard InChI is InChI=1S/C23H37N3O.C6H15N.C2H6.CH3NO/c1-6-25(7-2)19-8-10-20(11-9-19)26-17-18(14-15-24(3)4)22-13-12-21(27-5)16-23(22)26;1-4-5-6-7(2)3;1-2;2-1-3/h12-13,16-17,19-20H,6-11,14-15H2,1-5H3;4-6H2,1-3H3;1-2H3;1H,(H2,2,3). The topological polar surface area (TPSA) is 67.0 Å². The number of carbonyl (C=O) groups is 1. The lowest BCUT2D eigenvalue weighted by Gasteiger charge is -2.36. The van der Waals surface area contributed by atoms with Crippen molar-refractivity contribution in [1.29, 1.82) is 0 Å². The molecule has 2 aromatic rings. The van der Waals surface area contributed by atoms with Crippen LogP contribution in [0.5, 0.6) is 5.75 Å². The molecule has 0 spiro atoms. The second kappa shape index (κ2) is 21.7. The minimum atomic E-state index is 0.250. The first-order valence-electron chi connectivity index (χ1n) is 15.1. The van der Waals surface area contributed by atoms with Crippen LogP contribution in [-0.4, -0.2) is 93.2 Å². The average Bonchev–Trinajstić information content (AvgIpc) is 3.31. The molecule has 0 aliphatic heterocycles. The zero-order valence-electron chi connectivity index (χ0n) is 27.0. The molecule has 1 aliphatic rings. The third-order valence-corrected chi connectivity index (χ3v) is 7.30. The maximum Gasteiger partial charge on any atom is 0.204 e. The van der Waals surface area contributed by atoms with Gasteiger partial charge < -0.3 is 29.7 Å². The Bertz CT molecular complexity index is 869. The molecule has 1 aliphatic carbocycles. The van der Waals surface area contributed by atoms with Crippen LogP contribution in [0.25, 0.3) is 10.9 Å². The summed E-state index contributed by atoms with van der Waals surface area (Å²) >= 11 is 0. The molecule has 7 heteroatoms. The Balaban J connectivity index is 0.00000102. The van der Waals surface area contributed by atoms with Gasteiger partial charge in [-0.2, -0.15) is 0 Å². The van der Waals surface area contributed by atoms with Gasteiger partial charge in [0, 0.05) is 36.3 Å². The van der Waals surface area contributed by atoms with Gasteiger partial charge in [-0.25, -0.2) is 0 Å². The lowest BCUT2D eigenvalue weighted by molar-refractivity contribution is -0.106. The number of nitrogens with two attached hydrogens (primary N) is 1. The summed E-state index contributed by atoms with van der Waals surface area (Å²) in [6.07, 6.45) is 11.6. The highest BCUT2D eigenvalue weighted by atomic mass is 16.5. The molecule has 3 rings (SSSR count). The van der Waals surface area contributed by atoms with Gasteiger partial charge >= 0.3 is 0 Å². The summed E-state index contributed by atoms with van der Waals surface area (Å²) in [4.78, 5) is 15.7. The molecule has 7 nitrogen and oxygen atoms in total. The number of hydrogen-bond acceptors (Lipinski definition) is 5. The van der Waals surface area contributed by atoms with Gasteiger partial charge in [-0.15, -0.1) is 0 Å². The average molecular weight is 548 g/mol. The molecule has 0 atom stereocenters. The van der Waals surface area contributed by atoms with E-state index in [4.69, 9.17) is 9.53 Å². The van der Waals surface area contributed by atoms with E-state index in [1.54, 1.807) is 7.11 Å². The van der Waals surface area contributed by atoms with Crippen LogP contribution in [0.15, 0.2) is 24.4 Å². The first-order valence-corrected chi connectivity index (χ1v) is 15.1. The maximum atomic E-state index is 8.58. The summed E-state index contributed by atoms with van der Waals surface area (Å²) in [5.74, 6) is 0.956. The zero-order valence-corrected chi connectivity index (χ0v) is 27.0. The van der Waals surface area contributed by atoms with Crippen LogP contribution in [-0.2, 0) is 11.2 Å². The number of methoxy groups -OCH3 is 1. The molecule has 1 saturated carbocycles. The Kier molecular flexibility index (Phi) is 20.5. The van der Waals surface area contributed by atoms with Crippen LogP contribution in [0.2, 0.25) is 0 Å². The number of likely N-dealkylation sites (N-methyl/N-ethyl adjacent to an activating group) is 1. The zero-order chi connectivity index (χ0) is 29.8. The summed E-state index contributed by atoms with van der Waals surface area (Å²) in [6.45, 7) is 15.4. The van der Waals surface area contributed by atoms with Gasteiger partial charge in [0.15, 0.2) is 0 Å². The summed E-state index contributed by atoms with van der Waals surface area (Å²) < 4.78 is 8.08. The normalized spacial score (nSPS) is 16.6. The van der Waals surface area contributed by atoms with Crippen molar-refractivity contribution in [1.82, 2.24) is 19.3 Å². The van der Waals surface area contributed by atoms with E-state index in [0.29, 0.717) is 6.04 Å². The number of carbonyl (C=O) groups excluding carboxylic acids is 1. The lowest BCUT2D eigenvalue weighted by atomic mass is 9.90. The van der Waals surface area contributed by atoms with Crippen molar-refractivity contribution in [3.8, 4) is 5.75 Å². The highest BCUT2D eigenvalue weighted by Gasteiger charge is 2.26. The molecule has 1 aromatic carbocycles. The van der Waals surface area contributed by atoms with Gasteiger partial charge in [0.05, 0.1) is 12.6 Å². The SMILES string of the molecule is CC.CCCCN(C)C.CCN(CC)C1CCC(n2cc(CCN(C)C)c3ccc(OC)cc32)CC1.NC=O. The predicted octanol–water partition coefficient (Wildman–Crippen LogP) is 6.06. The number of unbranched alkanes of at least 4 members (excludes halogenated alkanes) is 1. The number of fused-ring (bicyclic) bond motifs is 1. The molecule has 226 valence electrons. The summed E-state index contributed by atoms with van der Waals surface area (Å²) in [5.41, 5.74) is 6.97. The van der Waals surface area contributed by atoms with E-state index < -0.39 is 0 Å². The molecule has 0 radical (unpaired) electrons. The number of rotatable bonds is 11. The second-order valence-electron chi connectivity index (χ2n) is 10.5. The van der Waals surface area contributed by atoms with Gasteiger partial charge in [0.25, 0.3) is 0 Å². The van der Waals surface area contributed by atoms with Gasteiger partial charge in [-0.05, 0) is 104 Å². The monoisotopic (exact) mass is 547 g/mol. The molecule has 39 heavy (non-hydrogen) atoms. The summed E-state index contributed by atoms with van der Waals surface area (Å²) in [6, 6.07) is 7.95. The Labute approximate surface area is 240 Å². The molecule has 1 fully saturated rings. The molecule has 0 saturated heterocycles. The molecular formula is C32H61N5O2. The Morgan fingerprint density at radius 3 is 1.97 bits per heavy atom. The Morgan fingerprint density at radius 2 is 1.54 bits per heavy atom. The van der Waals surface area contributed by atoms with E-state index in [1.165, 1.54) is 74.6 Å². The number of ether oxygens (including phenoxy) is 1. The quantitative estimate of drug-likeness (QED) is 0.347. The van der Waals surface area contributed by atoms with Crippen molar-refractivity contribution in [2.75, 3.05) is 61.5 Å². The highest BCUT2D eigenvalue weighted by molar-refractivity contribution is 5.85. The maximum absolute atomic E-state index is 8.58. The van der Waals surface area contributed by atoms with Gasteiger partial charge in [-0.1, -0.05) is 41.0 Å². The molecule has 2 N–H and O–H groups in total. The van der Waals surface area contributed by atoms with E-state index in [1.807, 2.05) is 13.8 Å². The van der Waals surface area contributed by atoms with Crippen molar-refractivity contribution in [2.24, 2.45) is 5.73 Å². The Hall–Kier alpha value is -2.09. The number of amides is 1. The predicted molar refractivity (Wildman–Crippen MR) is 170 cm³/mol. The van der Waals surface area contributed by atoms with Gasteiger partial charge in [-0.3, -0.25) is 4.79 Å². The van der Waals surface area contributed by atoms with Crippen LogP contribution in [0, 0.1) is 0 Å². The van der Waals surface area contributed by atoms with Crippen LogP contribution in [0.3, 0.4) is 0 Å². The molecule has 1 amide bonds. The largest absolute Gasteiger partial charge is 0.497 e. The Morgan fingerprint density at radius 1 is 0.974 bits per heavy atom. The third-order valence-electron chi connectivity index (χ3n) is 7.30. The summed E-state index contributed by atoms with van der Waals surface area (Å²) in [5, 5.41) is 1.39. The van der Waals surface area contributed by atoms with E-state index >= 15 is 0 Å². The number of benzene rings is 1. The molecule has 1 aromatic heterocycles. The molecular weight excluding hydrogens is 486 g/mol. The van der Waals surface area contributed by atoms with Crippen LogP contribution < -0.4 is 10.5 Å². The fourth-order valence-corrected chi connectivity index (χ4v) is 5.19. The number of nitrogens with zero attached hydrogens (tertiary/aromatic N) is 4. The number of hydrogen-bond donors (Lipinski definition) is 1. The van der Waals surface area contributed by atoms with E-state index in [-0.39, 0.29) is 6.41 Å². The van der Waals surface area contributed by atoms with E-state index in [0.717, 1.165) is 24.8 Å². The van der Waals surface area contributed by atoms with Crippen LogP contribution in [0.4, 0.5) is 0 Å². The van der Waals surface area contributed by atoms with Gasteiger partial charge in [0.1, 0.15) is 5.75 Å². The highest BCUT2D eigenvalue weighted by Crippen LogP contribution is 2.36. The van der Waals surface area contributed by atoms with Crippen LogP contribution >= 0.6 is 0 Å². The van der Waals surface area contributed by atoms with Crippen molar-refractivity contribution >= 4 is 17.3 Å². The first kappa shape index (κ1) is 36.9. The molecule has 0 bridgehead atoms. The third kappa shape index (κ3) is 13.2.